The van der Waals surface area contributed by atoms with Crippen LogP contribution in [0.1, 0.15) is 19.6 Å². The van der Waals surface area contributed by atoms with E-state index in [1.165, 1.54) is 12.3 Å². The molecule has 1 aromatic rings. The van der Waals surface area contributed by atoms with Crippen LogP contribution in [0.15, 0.2) is 22.2 Å². The SMILES string of the molecule is CCC(=O)Nc1ccn([C@@H]2O[C@@](CO)(N=[N+]=[N-])[C@@H](O)[C@H]2O)c(=O)n1. The highest BCUT2D eigenvalue weighted by Gasteiger charge is 2.54. The Morgan fingerprint density at radius 2 is 2.33 bits per heavy atom. The van der Waals surface area contributed by atoms with Crippen LogP contribution in [0.3, 0.4) is 0 Å². The summed E-state index contributed by atoms with van der Waals surface area (Å²) in [6.07, 6.45) is -3.46. The number of aromatic nitrogens is 2. The third kappa shape index (κ3) is 3.09. The van der Waals surface area contributed by atoms with Crippen molar-refractivity contribution in [3.63, 3.8) is 0 Å². The van der Waals surface area contributed by atoms with Gasteiger partial charge in [0.15, 0.2) is 6.23 Å². The number of hydrogen-bond acceptors (Lipinski definition) is 8. The molecule has 1 saturated heterocycles. The van der Waals surface area contributed by atoms with Crippen molar-refractivity contribution in [2.45, 2.75) is 37.5 Å². The predicted molar refractivity (Wildman–Crippen MR) is 78.5 cm³/mol. The summed E-state index contributed by atoms with van der Waals surface area (Å²) < 4.78 is 6.08. The van der Waals surface area contributed by atoms with Crippen molar-refractivity contribution in [2.24, 2.45) is 5.11 Å². The number of nitrogens with one attached hydrogen (secondary N) is 1. The minimum absolute atomic E-state index is 0.0135. The fraction of sp³-hybridized carbons (Fsp3) is 0.583. The molecule has 0 unspecified atom stereocenters. The molecule has 12 nitrogen and oxygen atoms in total. The largest absolute Gasteiger partial charge is 0.393 e. The second kappa shape index (κ2) is 6.95. The van der Waals surface area contributed by atoms with Crippen molar-refractivity contribution in [1.82, 2.24) is 9.55 Å². The van der Waals surface area contributed by atoms with E-state index in [1.807, 2.05) is 0 Å². The molecule has 0 bridgehead atoms. The highest BCUT2D eigenvalue weighted by Crippen LogP contribution is 2.37. The van der Waals surface area contributed by atoms with Gasteiger partial charge in [0.1, 0.15) is 18.0 Å². The fourth-order valence-corrected chi connectivity index (χ4v) is 2.22. The van der Waals surface area contributed by atoms with Gasteiger partial charge in [-0.15, -0.1) is 0 Å². The maximum atomic E-state index is 12.1. The summed E-state index contributed by atoms with van der Waals surface area (Å²) in [4.78, 5) is 29.5. The molecule has 2 heterocycles. The van der Waals surface area contributed by atoms with Crippen LogP contribution in [0.2, 0.25) is 0 Å². The number of nitrogens with zero attached hydrogens (tertiary/aromatic N) is 5. The molecule has 0 saturated carbocycles. The summed E-state index contributed by atoms with van der Waals surface area (Å²) >= 11 is 0. The maximum absolute atomic E-state index is 12.1. The molecule has 24 heavy (non-hydrogen) atoms. The maximum Gasteiger partial charge on any atom is 0.351 e. The normalized spacial score (nSPS) is 29.1. The third-order valence-corrected chi connectivity index (χ3v) is 3.54. The Morgan fingerprint density at radius 1 is 1.62 bits per heavy atom. The lowest BCUT2D eigenvalue weighted by atomic mass is 10.1. The number of aliphatic hydroxyl groups excluding tert-OH is 3. The number of amides is 1. The zero-order chi connectivity index (χ0) is 17.9. The van der Waals surface area contributed by atoms with E-state index < -0.39 is 36.5 Å². The number of hydrogen-bond donors (Lipinski definition) is 4. The number of aliphatic hydroxyl groups is 3. The Balaban J connectivity index is 2.33. The first-order valence-electron chi connectivity index (χ1n) is 6.98. The Morgan fingerprint density at radius 3 is 2.88 bits per heavy atom. The zero-order valence-corrected chi connectivity index (χ0v) is 12.6. The average Bonchev–Trinajstić information content (AvgIpc) is 2.81. The molecule has 0 radical (unpaired) electrons. The molecule has 2 rings (SSSR count). The standard InChI is InChI=1S/C12H16N6O6/c1-2-7(20)14-6-3-4-18(11(23)15-6)10-8(21)9(22)12(5-19,24-10)16-17-13/h3-4,8-10,19,21-22H,2,5H2,1H3,(H,14,15,20,23)/t8-,9+,10-,12-/m1/s1. The second-order valence-electron chi connectivity index (χ2n) is 5.04. The molecule has 130 valence electrons. The Kier molecular flexibility index (Phi) is 5.17. The molecule has 1 fully saturated rings. The van der Waals surface area contributed by atoms with Crippen LogP contribution in [0, 0.1) is 0 Å². The highest BCUT2D eigenvalue weighted by molar-refractivity contribution is 5.89. The molecule has 1 amide bonds. The van der Waals surface area contributed by atoms with Crippen LogP contribution < -0.4 is 11.0 Å². The third-order valence-electron chi connectivity index (χ3n) is 3.54. The highest BCUT2D eigenvalue weighted by atomic mass is 16.6. The van der Waals surface area contributed by atoms with Crippen molar-refractivity contribution in [1.29, 1.82) is 0 Å². The first-order chi connectivity index (χ1) is 11.4. The first-order valence-corrected chi connectivity index (χ1v) is 6.98. The van der Waals surface area contributed by atoms with E-state index in [1.54, 1.807) is 6.92 Å². The number of azide groups is 1. The van der Waals surface area contributed by atoms with Crippen LogP contribution in [0.4, 0.5) is 5.82 Å². The molecule has 0 spiro atoms. The van der Waals surface area contributed by atoms with Gasteiger partial charge in [-0.2, -0.15) is 4.98 Å². The van der Waals surface area contributed by atoms with Gasteiger partial charge in [0.2, 0.25) is 11.6 Å². The summed E-state index contributed by atoms with van der Waals surface area (Å²) in [5, 5.41) is 34.9. The second-order valence-corrected chi connectivity index (χ2v) is 5.04. The minimum atomic E-state index is -2.12. The molecule has 4 N–H and O–H groups in total. The predicted octanol–water partition coefficient (Wildman–Crippen LogP) is -1.16. The molecule has 4 atom stereocenters. The van der Waals surface area contributed by atoms with Gasteiger partial charge < -0.3 is 25.4 Å². The van der Waals surface area contributed by atoms with Crippen LogP contribution in [-0.4, -0.2) is 55.3 Å². The van der Waals surface area contributed by atoms with Crippen molar-refractivity contribution in [3.05, 3.63) is 33.2 Å². The molecule has 1 aliphatic rings. The fourth-order valence-electron chi connectivity index (χ4n) is 2.22. The lowest BCUT2D eigenvalue weighted by Crippen LogP contribution is -2.44. The Labute approximate surface area is 134 Å². The smallest absolute Gasteiger partial charge is 0.351 e. The lowest BCUT2D eigenvalue weighted by Gasteiger charge is -2.23. The van der Waals surface area contributed by atoms with Crippen molar-refractivity contribution in [3.8, 4) is 0 Å². The van der Waals surface area contributed by atoms with E-state index in [-0.39, 0.29) is 18.1 Å². The monoisotopic (exact) mass is 340 g/mol. The molecule has 0 aliphatic carbocycles. The number of rotatable bonds is 5. The lowest BCUT2D eigenvalue weighted by molar-refractivity contribution is -0.125. The zero-order valence-electron chi connectivity index (χ0n) is 12.6. The molecular formula is C12H16N6O6. The van der Waals surface area contributed by atoms with Gasteiger partial charge in [-0.1, -0.05) is 12.0 Å². The van der Waals surface area contributed by atoms with E-state index in [9.17, 15) is 24.9 Å². The molecule has 1 aromatic heterocycles. The summed E-state index contributed by atoms with van der Waals surface area (Å²) in [7, 11) is 0. The Bertz CT molecular complexity index is 731. The van der Waals surface area contributed by atoms with Crippen LogP contribution in [0.25, 0.3) is 10.4 Å². The minimum Gasteiger partial charge on any atom is -0.393 e. The van der Waals surface area contributed by atoms with Crippen LogP contribution in [-0.2, 0) is 9.53 Å². The van der Waals surface area contributed by atoms with Gasteiger partial charge in [-0.25, -0.2) is 4.79 Å². The molecule has 1 aliphatic heterocycles. The van der Waals surface area contributed by atoms with Gasteiger partial charge in [0.05, 0.1) is 6.61 Å². The van der Waals surface area contributed by atoms with Gasteiger partial charge >= 0.3 is 5.69 Å². The van der Waals surface area contributed by atoms with Gasteiger partial charge in [0, 0.05) is 17.5 Å². The van der Waals surface area contributed by atoms with E-state index >= 15 is 0 Å². The number of carbonyl (C=O) groups is 1. The van der Waals surface area contributed by atoms with Crippen molar-refractivity contribution >= 4 is 11.7 Å². The van der Waals surface area contributed by atoms with E-state index in [0.29, 0.717) is 0 Å². The van der Waals surface area contributed by atoms with Crippen molar-refractivity contribution in [2.75, 3.05) is 11.9 Å². The summed E-state index contributed by atoms with van der Waals surface area (Å²) in [6, 6.07) is 1.30. The van der Waals surface area contributed by atoms with Gasteiger partial charge in [-0.05, 0) is 11.6 Å². The van der Waals surface area contributed by atoms with Gasteiger partial charge in [-0.3, -0.25) is 9.36 Å². The molecule has 0 aromatic carbocycles. The number of anilines is 1. The molecular weight excluding hydrogens is 324 g/mol. The average molecular weight is 340 g/mol. The van der Waals surface area contributed by atoms with Crippen LogP contribution >= 0.6 is 0 Å². The number of ether oxygens (including phenoxy) is 1. The summed E-state index contributed by atoms with van der Waals surface area (Å²) in [5.41, 5.74) is 5.54. The topological polar surface area (TPSA) is 183 Å². The summed E-state index contributed by atoms with van der Waals surface area (Å²) in [5.74, 6) is -0.325. The van der Waals surface area contributed by atoms with E-state index in [4.69, 9.17) is 10.3 Å². The van der Waals surface area contributed by atoms with E-state index in [2.05, 4.69) is 20.3 Å². The van der Waals surface area contributed by atoms with Gasteiger partial charge in [0.25, 0.3) is 0 Å². The molecule has 12 heteroatoms. The van der Waals surface area contributed by atoms with Crippen LogP contribution in [0.5, 0.6) is 0 Å². The summed E-state index contributed by atoms with van der Waals surface area (Å²) in [6.45, 7) is 0.726. The van der Waals surface area contributed by atoms with Crippen molar-refractivity contribution < 1.29 is 24.9 Å². The quantitative estimate of drug-likeness (QED) is 0.296. The number of carbonyl (C=O) groups excluding carboxylic acids is 1. The Hall–Kier alpha value is -2.50. The first kappa shape index (κ1) is 17.8. The van der Waals surface area contributed by atoms with E-state index in [0.717, 1.165) is 4.57 Å².